The minimum atomic E-state index is -0.309. The smallest absolute Gasteiger partial charge is 0.214 e. The van der Waals surface area contributed by atoms with E-state index in [0.29, 0.717) is 0 Å². The van der Waals surface area contributed by atoms with Crippen LogP contribution in [0.25, 0.3) is 0 Å². The van der Waals surface area contributed by atoms with Gasteiger partial charge in [0.25, 0.3) is 0 Å². The van der Waals surface area contributed by atoms with Crippen LogP contribution in [0.3, 0.4) is 0 Å². The molecule has 0 spiro atoms. The van der Waals surface area contributed by atoms with Gasteiger partial charge >= 0.3 is 0 Å². The SMILES string of the molecule is CCCCCC(Br)(CCC)C(=O)Br. The van der Waals surface area contributed by atoms with Crippen molar-refractivity contribution in [2.45, 2.75) is 56.7 Å². The Hall–Kier alpha value is 0.630. The van der Waals surface area contributed by atoms with Crippen LogP contribution in [0.15, 0.2) is 0 Å². The number of unbranched alkanes of at least 4 members (excludes halogenated alkanes) is 2. The van der Waals surface area contributed by atoms with E-state index in [1.54, 1.807) is 0 Å². The maximum absolute atomic E-state index is 11.3. The molecule has 0 aliphatic carbocycles. The number of alkyl halides is 1. The topological polar surface area (TPSA) is 17.1 Å². The van der Waals surface area contributed by atoms with Crippen LogP contribution in [0.1, 0.15) is 52.4 Å². The first-order valence-electron chi connectivity index (χ1n) is 4.95. The Morgan fingerprint density at radius 2 is 1.77 bits per heavy atom. The predicted molar refractivity (Wildman–Crippen MR) is 64.6 cm³/mol. The van der Waals surface area contributed by atoms with Gasteiger partial charge < -0.3 is 0 Å². The fraction of sp³-hybridized carbons (Fsp3) is 0.900. The number of hydrogen-bond donors (Lipinski definition) is 0. The van der Waals surface area contributed by atoms with Crippen LogP contribution in [-0.2, 0) is 4.79 Å². The Kier molecular flexibility index (Phi) is 7.33. The highest BCUT2D eigenvalue weighted by atomic mass is 79.9. The summed E-state index contributed by atoms with van der Waals surface area (Å²) in [5, 5.41) is 0. The molecule has 0 bridgehead atoms. The highest BCUT2D eigenvalue weighted by Crippen LogP contribution is 2.33. The van der Waals surface area contributed by atoms with E-state index in [9.17, 15) is 4.79 Å². The number of carbonyl (C=O) groups excluding carboxylic acids is 1. The lowest BCUT2D eigenvalue weighted by atomic mass is 9.98. The molecule has 0 heterocycles. The van der Waals surface area contributed by atoms with Crippen LogP contribution in [0.5, 0.6) is 0 Å². The molecule has 0 rings (SSSR count). The third-order valence-electron chi connectivity index (χ3n) is 2.18. The normalized spacial score (nSPS) is 15.4. The number of carbonyl (C=O) groups is 1. The first-order chi connectivity index (χ1) is 6.06. The van der Waals surface area contributed by atoms with Crippen molar-refractivity contribution in [2.75, 3.05) is 0 Å². The summed E-state index contributed by atoms with van der Waals surface area (Å²) in [5.74, 6) is 0. The van der Waals surface area contributed by atoms with Gasteiger partial charge in [-0.3, -0.25) is 4.79 Å². The minimum absolute atomic E-state index is 0.0953. The molecule has 13 heavy (non-hydrogen) atoms. The predicted octanol–water partition coefficient (Wildman–Crippen LogP) is 4.42. The molecule has 0 saturated heterocycles. The fourth-order valence-corrected chi connectivity index (χ4v) is 2.45. The standard InChI is InChI=1S/C10H18Br2O/c1-3-5-6-8-10(12,7-4-2)9(11)13/h3-8H2,1-2H3. The van der Waals surface area contributed by atoms with Gasteiger partial charge in [0, 0.05) is 0 Å². The van der Waals surface area contributed by atoms with Gasteiger partial charge in [-0.1, -0.05) is 55.5 Å². The summed E-state index contributed by atoms with van der Waals surface area (Å²) in [6.07, 6.45) is 6.43. The second kappa shape index (κ2) is 6.99. The molecule has 0 N–H and O–H groups in total. The lowest BCUT2D eigenvalue weighted by Crippen LogP contribution is -2.27. The summed E-state index contributed by atoms with van der Waals surface area (Å²) >= 11 is 6.61. The van der Waals surface area contributed by atoms with Crippen LogP contribution in [0.2, 0.25) is 0 Å². The van der Waals surface area contributed by atoms with Gasteiger partial charge in [-0.25, -0.2) is 0 Å². The molecule has 78 valence electrons. The molecule has 1 nitrogen and oxygen atoms in total. The van der Waals surface area contributed by atoms with E-state index in [0.717, 1.165) is 25.7 Å². The molecule has 0 fully saturated rings. The Labute approximate surface area is 97.9 Å². The van der Waals surface area contributed by atoms with E-state index < -0.39 is 0 Å². The number of rotatable bonds is 7. The van der Waals surface area contributed by atoms with Crippen molar-refractivity contribution in [3.63, 3.8) is 0 Å². The quantitative estimate of drug-likeness (QED) is 0.386. The first-order valence-corrected chi connectivity index (χ1v) is 6.54. The first kappa shape index (κ1) is 13.6. The summed E-state index contributed by atoms with van der Waals surface area (Å²) in [5.41, 5.74) is 0. The van der Waals surface area contributed by atoms with Gasteiger partial charge in [-0.2, -0.15) is 0 Å². The zero-order valence-electron chi connectivity index (χ0n) is 8.41. The molecule has 3 heteroatoms. The molecule has 0 aromatic heterocycles. The molecule has 0 saturated carbocycles. The molecule has 1 unspecified atom stereocenters. The van der Waals surface area contributed by atoms with Gasteiger partial charge in [0.1, 0.15) is 0 Å². The summed E-state index contributed by atoms with van der Waals surface area (Å²) in [4.78, 5) is 11.3. The van der Waals surface area contributed by atoms with Gasteiger partial charge in [0.05, 0.1) is 4.32 Å². The van der Waals surface area contributed by atoms with Crippen LogP contribution >= 0.6 is 31.9 Å². The molecule has 0 aromatic carbocycles. The summed E-state index contributed by atoms with van der Waals surface area (Å²) in [6, 6.07) is 0. The second-order valence-electron chi connectivity index (χ2n) is 3.45. The number of halogens is 2. The third-order valence-corrected chi connectivity index (χ3v) is 4.62. The van der Waals surface area contributed by atoms with Crippen molar-refractivity contribution in [2.24, 2.45) is 0 Å². The van der Waals surface area contributed by atoms with Gasteiger partial charge in [0.2, 0.25) is 4.69 Å². The molecular formula is C10H18Br2O. The zero-order valence-corrected chi connectivity index (χ0v) is 11.6. The van der Waals surface area contributed by atoms with Crippen LogP contribution < -0.4 is 0 Å². The lowest BCUT2D eigenvalue weighted by Gasteiger charge is -2.22. The third kappa shape index (κ3) is 5.16. The fourth-order valence-electron chi connectivity index (χ4n) is 1.37. The van der Waals surface area contributed by atoms with Crippen molar-refractivity contribution in [1.29, 1.82) is 0 Å². The number of hydrogen-bond acceptors (Lipinski definition) is 1. The Morgan fingerprint density at radius 3 is 2.15 bits per heavy atom. The maximum Gasteiger partial charge on any atom is 0.214 e. The van der Waals surface area contributed by atoms with Gasteiger partial charge in [-0.05, 0) is 28.8 Å². The zero-order chi connectivity index (χ0) is 10.3. The van der Waals surface area contributed by atoms with Gasteiger partial charge in [0.15, 0.2) is 0 Å². The van der Waals surface area contributed by atoms with E-state index in [1.807, 2.05) is 0 Å². The highest BCUT2D eigenvalue weighted by Gasteiger charge is 2.31. The second-order valence-corrected chi connectivity index (χ2v) is 5.68. The molecule has 1 atom stereocenters. The average Bonchev–Trinajstić information content (AvgIpc) is 2.05. The van der Waals surface area contributed by atoms with Crippen molar-refractivity contribution < 1.29 is 4.79 Å². The largest absolute Gasteiger partial charge is 0.285 e. The van der Waals surface area contributed by atoms with E-state index >= 15 is 0 Å². The lowest BCUT2D eigenvalue weighted by molar-refractivity contribution is -0.112. The molecule has 0 aliphatic heterocycles. The van der Waals surface area contributed by atoms with Crippen molar-refractivity contribution in [3.8, 4) is 0 Å². The monoisotopic (exact) mass is 312 g/mol. The summed E-state index contributed by atoms with van der Waals surface area (Å²) in [7, 11) is 0. The van der Waals surface area contributed by atoms with Crippen molar-refractivity contribution >= 4 is 36.6 Å². The Balaban J connectivity index is 4.00. The van der Waals surface area contributed by atoms with Crippen LogP contribution in [-0.4, -0.2) is 9.02 Å². The summed E-state index contributed by atoms with van der Waals surface area (Å²) in [6.45, 7) is 4.28. The minimum Gasteiger partial charge on any atom is -0.285 e. The molecular weight excluding hydrogens is 296 g/mol. The summed E-state index contributed by atoms with van der Waals surface area (Å²) < 4.78 is -0.213. The van der Waals surface area contributed by atoms with Crippen LogP contribution in [0.4, 0.5) is 0 Å². The van der Waals surface area contributed by atoms with Crippen molar-refractivity contribution in [3.05, 3.63) is 0 Å². The van der Waals surface area contributed by atoms with E-state index in [-0.39, 0.29) is 9.02 Å². The molecule has 0 aromatic rings. The Bertz CT molecular complexity index is 159. The van der Waals surface area contributed by atoms with E-state index in [2.05, 4.69) is 45.7 Å². The van der Waals surface area contributed by atoms with Gasteiger partial charge in [-0.15, -0.1) is 0 Å². The van der Waals surface area contributed by atoms with E-state index in [1.165, 1.54) is 12.8 Å². The Morgan fingerprint density at radius 1 is 1.15 bits per heavy atom. The molecule has 0 amide bonds. The molecule has 0 aliphatic rings. The highest BCUT2D eigenvalue weighted by molar-refractivity contribution is 9.20. The maximum atomic E-state index is 11.3. The van der Waals surface area contributed by atoms with E-state index in [4.69, 9.17) is 0 Å². The van der Waals surface area contributed by atoms with Crippen molar-refractivity contribution in [1.82, 2.24) is 0 Å². The average molecular weight is 314 g/mol. The molecule has 0 radical (unpaired) electrons. The van der Waals surface area contributed by atoms with Crippen LogP contribution in [0, 0.1) is 0 Å².